The molecule has 0 unspecified atom stereocenters. The monoisotopic (exact) mass is 412 g/mol. The van der Waals surface area contributed by atoms with E-state index in [1.807, 2.05) is 0 Å². The van der Waals surface area contributed by atoms with Gasteiger partial charge in [-0.3, -0.25) is 0 Å². The molecule has 5 nitrogen and oxygen atoms in total. The van der Waals surface area contributed by atoms with Crippen molar-refractivity contribution in [2.75, 3.05) is 0 Å². The summed E-state index contributed by atoms with van der Waals surface area (Å²) in [5.41, 5.74) is 0.548. The molecule has 3 aromatic rings. The molecule has 0 bridgehead atoms. The van der Waals surface area contributed by atoms with Crippen LogP contribution in [0.5, 0.6) is 0 Å². The number of hydrogen-bond acceptors (Lipinski definition) is 5. The normalized spacial score (nSPS) is 16.0. The molecule has 2 heterocycles. The van der Waals surface area contributed by atoms with Gasteiger partial charge in [-0.1, -0.05) is 18.0 Å². The second-order valence-electron chi connectivity index (χ2n) is 6.73. The standard InChI is InChI=1S/C18H13ClF4N4O/c19-13-3-2-11(20)6-12(13)17(4-1-5-17)7-14-24-8-10(9-25-14)15-26-27-16(28-15)18(21,22)23/h2-3,6,8-9H,1,4-5,7H2. The van der Waals surface area contributed by atoms with E-state index >= 15 is 0 Å². The summed E-state index contributed by atoms with van der Waals surface area (Å²) < 4.78 is 56.0. The van der Waals surface area contributed by atoms with Crippen molar-refractivity contribution >= 4 is 11.6 Å². The summed E-state index contributed by atoms with van der Waals surface area (Å²) >= 11 is 6.28. The third kappa shape index (κ3) is 3.46. The summed E-state index contributed by atoms with van der Waals surface area (Å²) in [6.07, 6.45) is 0.999. The number of aromatic nitrogens is 4. The third-order valence-electron chi connectivity index (χ3n) is 4.93. The Labute approximate surface area is 161 Å². The van der Waals surface area contributed by atoms with Crippen LogP contribution in [0.2, 0.25) is 5.02 Å². The Morgan fingerprint density at radius 2 is 1.82 bits per heavy atom. The molecule has 1 aliphatic carbocycles. The van der Waals surface area contributed by atoms with E-state index in [0.717, 1.165) is 24.8 Å². The van der Waals surface area contributed by atoms with Crippen molar-refractivity contribution < 1.29 is 22.0 Å². The SMILES string of the molecule is Fc1ccc(Cl)c(C2(Cc3ncc(-c4nnc(C(F)(F)F)o4)cn3)CCC2)c1. The summed E-state index contributed by atoms with van der Waals surface area (Å²) in [6, 6.07) is 4.28. The minimum absolute atomic E-state index is 0.179. The van der Waals surface area contributed by atoms with Gasteiger partial charge in [-0.15, -0.1) is 10.2 Å². The zero-order chi connectivity index (χ0) is 19.9. The Kier molecular flexibility index (Phi) is 4.57. The second kappa shape index (κ2) is 6.80. The van der Waals surface area contributed by atoms with E-state index in [1.54, 1.807) is 0 Å². The highest BCUT2D eigenvalue weighted by Gasteiger charge is 2.41. The minimum Gasteiger partial charge on any atom is -0.413 e. The summed E-state index contributed by atoms with van der Waals surface area (Å²) in [5.74, 6) is -1.63. The molecule has 146 valence electrons. The van der Waals surface area contributed by atoms with Crippen molar-refractivity contribution in [2.24, 2.45) is 0 Å². The zero-order valence-electron chi connectivity index (χ0n) is 14.3. The smallest absolute Gasteiger partial charge is 0.413 e. The quantitative estimate of drug-likeness (QED) is 0.564. The fourth-order valence-electron chi connectivity index (χ4n) is 3.36. The maximum absolute atomic E-state index is 13.7. The second-order valence-corrected chi connectivity index (χ2v) is 7.14. The lowest BCUT2D eigenvalue weighted by Crippen LogP contribution is -2.37. The van der Waals surface area contributed by atoms with E-state index in [0.29, 0.717) is 17.3 Å². The van der Waals surface area contributed by atoms with E-state index in [9.17, 15) is 17.6 Å². The van der Waals surface area contributed by atoms with Crippen molar-refractivity contribution in [1.82, 2.24) is 20.2 Å². The predicted molar refractivity (Wildman–Crippen MR) is 91.0 cm³/mol. The highest BCUT2D eigenvalue weighted by Crippen LogP contribution is 2.48. The first-order valence-electron chi connectivity index (χ1n) is 8.44. The molecule has 1 aromatic carbocycles. The predicted octanol–water partition coefficient (Wildman–Crippen LogP) is 5.00. The lowest BCUT2D eigenvalue weighted by molar-refractivity contribution is -0.156. The van der Waals surface area contributed by atoms with Gasteiger partial charge in [0.2, 0.25) is 0 Å². The molecule has 1 saturated carbocycles. The topological polar surface area (TPSA) is 64.7 Å². The van der Waals surface area contributed by atoms with Gasteiger partial charge in [0.15, 0.2) is 0 Å². The van der Waals surface area contributed by atoms with E-state index in [1.165, 1.54) is 30.6 Å². The summed E-state index contributed by atoms with van der Waals surface area (Å²) in [5, 5.41) is 6.85. The van der Waals surface area contributed by atoms with Crippen LogP contribution in [-0.2, 0) is 18.0 Å². The molecule has 1 aliphatic rings. The van der Waals surface area contributed by atoms with E-state index in [4.69, 9.17) is 11.6 Å². The summed E-state index contributed by atoms with van der Waals surface area (Å²) in [7, 11) is 0. The molecule has 28 heavy (non-hydrogen) atoms. The first kappa shape index (κ1) is 18.8. The average Bonchev–Trinajstić information content (AvgIpc) is 3.11. The molecule has 0 spiro atoms. The molecule has 0 saturated heterocycles. The van der Waals surface area contributed by atoms with Gasteiger partial charge in [-0.25, -0.2) is 14.4 Å². The highest BCUT2D eigenvalue weighted by atomic mass is 35.5. The van der Waals surface area contributed by atoms with Gasteiger partial charge in [0.1, 0.15) is 11.6 Å². The Bertz CT molecular complexity index is 1000. The number of halogens is 5. The number of hydrogen-bond donors (Lipinski definition) is 0. The molecular formula is C18H13ClF4N4O. The van der Waals surface area contributed by atoms with Gasteiger partial charge < -0.3 is 4.42 Å². The maximum atomic E-state index is 13.7. The van der Waals surface area contributed by atoms with Crippen LogP contribution in [0.15, 0.2) is 35.0 Å². The summed E-state index contributed by atoms with van der Waals surface area (Å²) in [6.45, 7) is 0. The molecule has 0 aliphatic heterocycles. The van der Waals surface area contributed by atoms with Gasteiger partial charge in [0, 0.05) is 29.3 Å². The molecule has 1 fully saturated rings. The number of alkyl halides is 3. The molecule has 0 atom stereocenters. The van der Waals surface area contributed by atoms with Gasteiger partial charge >= 0.3 is 12.1 Å². The largest absolute Gasteiger partial charge is 0.470 e. The lowest BCUT2D eigenvalue weighted by Gasteiger charge is -2.42. The number of benzene rings is 1. The van der Waals surface area contributed by atoms with Gasteiger partial charge in [-0.05, 0) is 36.6 Å². The molecule has 10 heteroatoms. The van der Waals surface area contributed by atoms with E-state index in [-0.39, 0.29) is 22.7 Å². The zero-order valence-corrected chi connectivity index (χ0v) is 15.1. The van der Waals surface area contributed by atoms with Crippen molar-refractivity contribution in [1.29, 1.82) is 0 Å². The van der Waals surface area contributed by atoms with Crippen molar-refractivity contribution in [2.45, 2.75) is 37.3 Å². The number of rotatable bonds is 4. The van der Waals surface area contributed by atoms with Gasteiger partial charge in [0.25, 0.3) is 5.89 Å². The van der Waals surface area contributed by atoms with Crippen LogP contribution in [0.1, 0.15) is 36.5 Å². The lowest BCUT2D eigenvalue weighted by atomic mass is 9.62. The average molecular weight is 413 g/mol. The first-order valence-corrected chi connectivity index (χ1v) is 8.82. The van der Waals surface area contributed by atoms with Crippen LogP contribution >= 0.6 is 11.6 Å². The van der Waals surface area contributed by atoms with Crippen LogP contribution in [0.25, 0.3) is 11.5 Å². The highest BCUT2D eigenvalue weighted by molar-refractivity contribution is 6.31. The van der Waals surface area contributed by atoms with E-state index in [2.05, 4.69) is 24.6 Å². The Hall–Kier alpha value is -2.55. The molecule has 0 amide bonds. The first-order chi connectivity index (χ1) is 13.3. The fraction of sp³-hybridized carbons (Fsp3) is 0.333. The van der Waals surface area contributed by atoms with Crippen molar-refractivity contribution in [3.8, 4) is 11.5 Å². The molecule has 0 radical (unpaired) electrons. The van der Waals surface area contributed by atoms with Crippen LogP contribution < -0.4 is 0 Å². The van der Waals surface area contributed by atoms with Crippen molar-refractivity contribution in [3.63, 3.8) is 0 Å². The molecule has 4 rings (SSSR count). The van der Waals surface area contributed by atoms with Crippen LogP contribution in [-0.4, -0.2) is 20.2 Å². The van der Waals surface area contributed by atoms with Gasteiger partial charge in [-0.2, -0.15) is 13.2 Å². The third-order valence-corrected chi connectivity index (χ3v) is 5.26. The molecule has 2 aromatic heterocycles. The number of nitrogens with zero attached hydrogens (tertiary/aromatic N) is 4. The van der Waals surface area contributed by atoms with Crippen LogP contribution in [0.3, 0.4) is 0 Å². The van der Waals surface area contributed by atoms with Crippen molar-refractivity contribution in [3.05, 3.63) is 58.7 Å². The Morgan fingerprint density at radius 3 is 2.39 bits per heavy atom. The Morgan fingerprint density at radius 1 is 1.11 bits per heavy atom. The fourth-order valence-corrected chi connectivity index (χ4v) is 3.68. The van der Waals surface area contributed by atoms with Crippen LogP contribution in [0.4, 0.5) is 17.6 Å². The summed E-state index contributed by atoms with van der Waals surface area (Å²) in [4.78, 5) is 8.43. The van der Waals surface area contributed by atoms with E-state index < -0.39 is 12.1 Å². The van der Waals surface area contributed by atoms with Gasteiger partial charge in [0.05, 0.1) is 5.56 Å². The Balaban J connectivity index is 1.57. The molecule has 0 N–H and O–H groups in total. The van der Waals surface area contributed by atoms with Crippen LogP contribution in [0, 0.1) is 5.82 Å². The molecular weight excluding hydrogens is 400 g/mol. The maximum Gasteiger partial charge on any atom is 0.470 e. The minimum atomic E-state index is -4.72.